The average molecular weight is 367 g/mol. The molecule has 0 unspecified atom stereocenters. The molecule has 0 spiro atoms. The van der Waals surface area contributed by atoms with Crippen molar-refractivity contribution in [2.75, 3.05) is 36.4 Å². The number of amides is 1. The molecule has 1 amide bonds. The van der Waals surface area contributed by atoms with Gasteiger partial charge in [-0.05, 0) is 23.8 Å². The number of benzene rings is 1. The lowest BCUT2D eigenvalue weighted by Crippen LogP contribution is -2.43. The van der Waals surface area contributed by atoms with Gasteiger partial charge in [0, 0.05) is 31.2 Å². The van der Waals surface area contributed by atoms with Gasteiger partial charge in [-0.2, -0.15) is 0 Å². The van der Waals surface area contributed by atoms with Gasteiger partial charge in [-0.1, -0.05) is 29.8 Å². The summed E-state index contributed by atoms with van der Waals surface area (Å²) in [6.45, 7) is 3.91. The van der Waals surface area contributed by atoms with E-state index in [1.807, 2.05) is 30.3 Å². The van der Waals surface area contributed by atoms with Crippen LogP contribution in [-0.2, 0) is 11.2 Å². The van der Waals surface area contributed by atoms with Crippen LogP contribution in [0.3, 0.4) is 0 Å². The van der Waals surface area contributed by atoms with Crippen LogP contribution in [0.15, 0.2) is 42.6 Å². The second-order valence-corrected chi connectivity index (χ2v) is 5.86. The molecule has 0 radical (unpaired) electrons. The van der Waals surface area contributed by atoms with Crippen molar-refractivity contribution < 1.29 is 4.79 Å². The maximum Gasteiger partial charge on any atom is 0.230 e. The van der Waals surface area contributed by atoms with Gasteiger partial charge in [-0.25, -0.2) is 4.98 Å². The van der Waals surface area contributed by atoms with Crippen LogP contribution in [0.4, 0.5) is 11.5 Å². The molecule has 0 atom stereocenters. The smallest absolute Gasteiger partial charge is 0.230 e. The second-order valence-electron chi connectivity index (χ2n) is 5.46. The van der Waals surface area contributed by atoms with Gasteiger partial charge < -0.3 is 15.5 Å². The van der Waals surface area contributed by atoms with E-state index in [4.69, 9.17) is 11.6 Å². The number of carbonyl (C=O) groups is 1. The molecule has 2 aromatic rings. The minimum atomic E-state index is -0.125. The Balaban J connectivity index is 0.00000208. The van der Waals surface area contributed by atoms with E-state index in [0.717, 1.165) is 37.4 Å². The van der Waals surface area contributed by atoms with E-state index < -0.39 is 0 Å². The van der Waals surface area contributed by atoms with Crippen molar-refractivity contribution in [2.45, 2.75) is 6.42 Å². The Labute approximate surface area is 152 Å². The molecule has 7 heteroatoms. The van der Waals surface area contributed by atoms with E-state index >= 15 is 0 Å². The second kappa shape index (κ2) is 8.87. The van der Waals surface area contributed by atoms with Crippen LogP contribution in [0.2, 0.25) is 5.02 Å². The van der Waals surface area contributed by atoms with E-state index in [1.54, 1.807) is 12.3 Å². The van der Waals surface area contributed by atoms with Gasteiger partial charge in [0.1, 0.15) is 5.82 Å². The maximum atomic E-state index is 12.1. The van der Waals surface area contributed by atoms with Crippen LogP contribution in [0, 0.1) is 0 Å². The Hall–Kier alpha value is -1.82. The molecule has 1 aliphatic rings. The SMILES string of the molecule is Cl.O=C(Cc1ccccc1Cl)Nc1ccc(N2CCNCC2)cn1. The zero-order chi connectivity index (χ0) is 16.1. The molecule has 1 aromatic heterocycles. The van der Waals surface area contributed by atoms with E-state index in [9.17, 15) is 4.79 Å². The topological polar surface area (TPSA) is 57.3 Å². The number of pyridine rings is 1. The summed E-state index contributed by atoms with van der Waals surface area (Å²) >= 11 is 6.07. The Morgan fingerprint density at radius 3 is 2.62 bits per heavy atom. The highest BCUT2D eigenvalue weighted by Crippen LogP contribution is 2.18. The van der Waals surface area contributed by atoms with Crippen molar-refractivity contribution in [3.8, 4) is 0 Å². The highest BCUT2D eigenvalue weighted by atomic mass is 35.5. The van der Waals surface area contributed by atoms with E-state index in [0.29, 0.717) is 10.8 Å². The third-order valence-corrected chi connectivity index (χ3v) is 4.18. The number of rotatable bonds is 4. The number of piperazine rings is 1. The molecule has 0 aliphatic carbocycles. The zero-order valence-corrected chi connectivity index (χ0v) is 14.7. The van der Waals surface area contributed by atoms with E-state index in [2.05, 4.69) is 20.5 Å². The summed E-state index contributed by atoms with van der Waals surface area (Å²) in [5.41, 5.74) is 1.89. The number of anilines is 2. The molecule has 128 valence electrons. The van der Waals surface area contributed by atoms with Crippen LogP contribution in [0.1, 0.15) is 5.56 Å². The van der Waals surface area contributed by atoms with Crippen LogP contribution in [-0.4, -0.2) is 37.1 Å². The molecule has 0 bridgehead atoms. The van der Waals surface area contributed by atoms with Crippen molar-refractivity contribution in [2.24, 2.45) is 0 Å². The fraction of sp³-hybridized carbons (Fsp3) is 0.294. The number of halogens is 2. The molecule has 2 N–H and O–H groups in total. The first-order valence-electron chi connectivity index (χ1n) is 7.67. The van der Waals surface area contributed by atoms with Crippen molar-refractivity contribution in [3.63, 3.8) is 0 Å². The third kappa shape index (κ3) is 4.84. The molecule has 3 rings (SSSR count). The number of carbonyl (C=O) groups excluding carboxylic acids is 1. The summed E-state index contributed by atoms with van der Waals surface area (Å²) in [6, 6.07) is 11.2. The summed E-state index contributed by atoms with van der Waals surface area (Å²) in [5, 5.41) is 6.73. The molecule has 1 aromatic carbocycles. The van der Waals surface area contributed by atoms with Crippen molar-refractivity contribution in [1.82, 2.24) is 10.3 Å². The van der Waals surface area contributed by atoms with E-state index in [-0.39, 0.29) is 24.7 Å². The molecular formula is C17H20Cl2N4O. The fourth-order valence-corrected chi connectivity index (χ4v) is 2.77. The number of nitrogens with zero attached hydrogens (tertiary/aromatic N) is 2. The number of hydrogen-bond acceptors (Lipinski definition) is 4. The molecule has 1 fully saturated rings. The first-order valence-corrected chi connectivity index (χ1v) is 8.05. The summed E-state index contributed by atoms with van der Waals surface area (Å²) < 4.78 is 0. The maximum absolute atomic E-state index is 12.1. The van der Waals surface area contributed by atoms with Gasteiger partial charge in [0.05, 0.1) is 18.3 Å². The Morgan fingerprint density at radius 2 is 1.96 bits per heavy atom. The lowest BCUT2D eigenvalue weighted by atomic mass is 10.1. The summed E-state index contributed by atoms with van der Waals surface area (Å²) in [4.78, 5) is 18.7. The normalized spacial score (nSPS) is 14.0. The van der Waals surface area contributed by atoms with Gasteiger partial charge in [0.2, 0.25) is 5.91 Å². The van der Waals surface area contributed by atoms with Crippen LogP contribution >= 0.6 is 24.0 Å². The van der Waals surface area contributed by atoms with Crippen molar-refractivity contribution in [1.29, 1.82) is 0 Å². The lowest BCUT2D eigenvalue weighted by molar-refractivity contribution is -0.115. The van der Waals surface area contributed by atoms with Crippen LogP contribution in [0.25, 0.3) is 0 Å². The van der Waals surface area contributed by atoms with Gasteiger partial charge in [-0.15, -0.1) is 12.4 Å². The predicted octanol–water partition coefficient (Wildman–Crippen LogP) is 2.75. The quantitative estimate of drug-likeness (QED) is 0.873. The number of aromatic nitrogens is 1. The van der Waals surface area contributed by atoms with Crippen molar-refractivity contribution in [3.05, 3.63) is 53.2 Å². The molecule has 2 heterocycles. The summed E-state index contributed by atoms with van der Waals surface area (Å²) in [6.07, 6.45) is 2.04. The van der Waals surface area contributed by atoms with Crippen LogP contribution in [0.5, 0.6) is 0 Å². The third-order valence-electron chi connectivity index (χ3n) is 3.81. The number of nitrogens with one attached hydrogen (secondary N) is 2. The molecular weight excluding hydrogens is 347 g/mol. The standard InChI is InChI=1S/C17H19ClN4O.ClH/c18-15-4-2-1-3-13(15)11-17(23)21-16-6-5-14(12-20-16)22-9-7-19-8-10-22;/h1-6,12,19H,7-11H2,(H,20,21,23);1H. The minimum Gasteiger partial charge on any atom is -0.368 e. The molecule has 5 nitrogen and oxygen atoms in total. The van der Waals surface area contributed by atoms with Gasteiger partial charge in [0.25, 0.3) is 0 Å². The minimum absolute atomic E-state index is 0. The van der Waals surface area contributed by atoms with Gasteiger partial charge >= 0.3 is 0 Å². The van der Waals surface area contributed by atoms with Gasteiger partial charge in [-0.3, -0.25) is 4.79 Å². The highest BCUT2D eigenvalue weighted by Gasteiger charge is 2.11. The molecule has 0 saturated carbocycles. The Kier molecular flexibility index (Phi) is 6.85. The van der Waals surface area contributed by atoms with Gasteiger partial charge in [0.15, 0.2) is 0 Å². The first kappa shape index (κ1) is 18.5. The average Bonchev–Trinajstić information content (AvgIpc) is 2.58. The first-order chi connectivity index (χ1) is 11.2. The number of hydrogen-bond donors (Lipinski definition) is 2. The van der Waals surface area contributed by atoms with Crippen LogP contribution < -0.4 is 15.5 Å². The largest absolute Gasteiger partial charge is 0.368 e. The molecule has 24 heavy (non-hydrogen) atoms. The monoisotopic (exact) mass is 366 g/mol. The predicted molar refractivity (Wildman–Crippen MR) is 100 cm³/mol. The summed E-state index contributed by atoms with van der Waals surface area (Å²) in [5.74, 6) is 0.432. The van der Waals surface area contributed by atoms with E-state index in [1.165, 1.54) is 0 Å². The molecule has 1 aliphatic heterocycles. The zero-order valence-electron chi connectivity index (χ0n) is 13.2. The Bertz CT molecular complexity index is 673. The lowest BCUT2D eigenvalue weighted by Gasteiger charge is -2.29. The Morgan fingerprint density at radius 1 is 1.21 bits per heavy atom. The molecule has 1 saturated heterocycles. The van der Waals surface area contributed by atoms with Crippen molar-refractivity contribution >= 4 is 41.4 Å². The highest BCUT2D eigenvalue weighted by molar-refractivity contribution is 6.31. The summed E-state index contributed by atoms with van der Waals surface area (Å²) in [7, 11) is 0. The fourth-order valence-electron chi connectivity index (χ4n) is 2.57.